The first kappa shape index (κ1) is 18.7. The van der Waals surface area contributed by atoms with Gasteiger partial charge >= 0.3 is 0 Å². The van der Waals surface area contributed by atoms with Crippen LogP contribution < -0.4 is 14.4 Å². The number of nitrogens with one attached hydrogen (secondary N) is 1. The number of ether oxygens (including phenoxy) is 1. The third-order valence-corrected chi connectivity index (χ3v) is 4.83. The SMILES string of the molecule is COc1ccc(N([C@@H](C)C(=O)NCc2ccccn2)S(C)(=O)=O)cc1. The van der Waals surface area contributed by atoms with Gasteiger partial charge in [-0.1, -0.05) is 6.07 Å². The Morgan fingerprint density at radius 2 is 1.92 bits per heavy atom. The van der Waals surface area contributed by atoms with E-state index in [1.165, 1.54) is 7.11 Å². The molecule has 0 saturated heterocycles. The Morgan fingerprint density at radius 1 is 1.24 bits per heavy atom. The van der Waals surface area contributed by atoms with Crippen LogP contribution >= 0.6 is 0 Å². The molecule has 0 aliphatic carbocycles. The molecule has 2 aromatic rings. The fraction of sp³-hybridized carbons (Fsp3) is 0.294. The Labute approximate surface area is 147 Å². The maximum atomic E-state index is 12.4. The summed E-state index contributed by atoms with van der Waals surface area (Å²) in [5, 5.41) is 2.71. The molecule has 0 fully saturated rings. The van der Waals surface area contributed by atoms with E-state index in [4.69, 9.17) is 4.74 Å². The number of amides is 1. The number of hydrogen-bond donors (Lipinski definition) is 1. The van der Waals surface area contributed by atoms with Gasteiger partial charge in [0.25, 0.3) is 0 Å². The van der Waals surface area contributed by atoms with Crippen LogP contribution in [0.15, 0.2) is 48.7 Å². The molecule has 1 aromatic heterocycles. The summed E-state index contributed by atoms with van der Waals surface area (Å²) in [5.74, 6) is 0.191. The van der Waals surface area contributed by atoms with Gasteiger partial charge < -0.3 is 10.1 Å². The molecule has 1 heterocycles. The number of aromatic nitrogens is 1. The van der Waals surface area contributed by atoms with Crippen LogP contribution in [-0.2, 0) is 21.4 Å². The first-order chi connectivity index (χ1) is 11.8. The number of pyridine rings is 1. The number of methoxy groups -OCH3 is 1. The molecular weight excluding hydrogens is 342 g/mol. The minimum Gasteiger partial charge on any atom is -0.497 e. The molecule has 0 aliphatic rings. The van der Waals surface area contributed by atoms with Gasteiger partial charge in [-0.25, -0.2) is 8.42 Å². The van der Waals surface area contributed by atoms with Crippen molar-refractivity contribution in [3.8, 4) is 5.75 Å². The summed E-state index contributed by atoms with van der Waals surface area (Å²) < 4.78 is 30.6. The van der Waals surface area contributed by atoms with Crippen molar-refractivity contribution in [1.29, 1.82) is 0 Å². The lowest BCUT2D eigenvalue weighted by atomic mass is 10.2. The predicted molar refractivity (Wildman–Crippen MR) is 95.9 cm³/mol. The van der Waals surface area contributed by atoms with E-state index in [1.54, 1.807) is 49.5 Å². The number of sulfonamides is 1. The zero-order valence-electron chi connectivity index (χ0n) is 14.3. The van der Waals surface area contributed by atoms with Gasteiger partial charge in [-0.15, -0.1) is 0 Å². The highest BCUT2D eigenvalue weighted by atomic mass is 32.2. The van der Waals surface area contributed by atoms with Crippen molar-refractivity contribution in [2.45, 2.75) is 19.5 Å². The molecule has 8 heteroatoms. The smallest absolute Gasteiger partial charge is 0.243 e. The summed E-state index contributed by atoms with van der Waals surface area (Å²) in [6.07, 6.45) is 2.70. The van der Waals surface area contributed by atoms with Crippen molar-refractivity contribution in [1.82, 2.24) is 10.3 Å². The van der Waals surface area contributed by atoms with E-state index in [1.807, 2.05) is 6.07 Å². The maximum Gasteiger partial charge on any atom is 0.243 e. The molecule has 0 unspecified atom stereocenters. The summed E-state index contributed by atoms with van der Waals surface area (Å²) in [7, 11) is -2.12. The Morgan fingerprint density at radius 3 is 2.44 bits per heavy atom. The van der Waals surface area contributed by atoms with Crippen molar-refractivity contribution >= 4 is 21.6 Å². The summed E-state index contributed by atoms with van der Waals surface area (Å²) >= 11 is 0. The molecule has 1 N–H and O–H groups in total. The molecule has 0 spiro atoms. The molecule has 134 valence electrons. The summed E-state index contributed by atoms with van der Waals surface area (Å²) in [5.41, 5.74) is 1.09. The van der Waals surface area contributed by atoms with Gasteiger partial charge in [0, 0.05) is 6.20 Å². The third kappa shape index (κ3) is 4.93. The molecule has 1 atom stereocenters. The quantitative estimate of drug-likeness (QED) is 0.806. The van der Waals surface area contributed by atoms with E-state index in [0.29, 0.717) is 17.1 Å². The average molecular weight is 363 g/mol. The minimum atomic E-state index is -3.65. The van der Waals surface area contributed by atoms with Gasteiger partial charge in [0.15, 0.2) is 0 Å². The number of nitrogens with zero attached hydrogens (tertiary/aromatic N) is 2. The van der Waals surface area contributed by atoms with Gasteiger partial charge in [0.1, 0.15) is 11.8 Å². The van der Waals surface area contributed by atoms with Crippen molar-refractivity contribution in [3.05, 3.63) is 54.4 Å². The van der Waals surface area contributed by atoms with Gasteiger partial charge in [0.05, 0.1) is 31.3 Å². The molecule has 2 rings (SSSR count). The first-order valence-electron chi connectivity index (χ1n) is 7.64. The molecule has 0 saturated carbocycles. The van der Waals surface area contributed by atoms with Gasteiger partial charge in [-0.3, -0.25) is 14.1 Å². The second-order valence-electron chi connectivity index (χ2n) is 5.47. The average Bonchev–Trinajstić information content (AvgIpc) is 2.60. The van der Waals surface area contributed by atoms with Crippen LogP contribution in [0.1, 0.15) is 12.6 Å². The van der Waals surface area contributed by atoms with Crippen molar-refractivity contribution in [2.75, 3.05) is 17.7 Å². The third-order valence-electron chi connectivity index (χ3n) is 3.59. The van der Waals surface area contributed by atoms with E-state index in [-0.39, 0.29) is 6.54 Å². The second-order valence-corrected chi connectivity index (χ2v) is 7.33. The van der Waals surface area contributed by atoms with Crippen LogP contribution in [0.4, 0.5) is 5.69 Å². The van der Waals surface area contributed by atoms with E-state index in [0.717, 1.165) is 10.6 Å². The number of carbonyl (C=O) groups excluding carboxylic acids is 1. The second kappa shape index (κ2) is 7.98. The number of rotatable bonds is 7. The van der Waals surface area contributed by atoms with E-state index in [9.17, 15) is 13.2 Å². The summed E-state index contributed by atoms with van der Waals surface area (Å²) in [6, 6.07) is 11.0. The lowest BCUT2D eigenvalue weighted by Crippen LogP contribution is -2.47. The molecule has 1 amide bonds. The zero-order valence-corrected chi connectivity index (χ0v) is 15.2. The predicted octanol–water partition coefficient (Wildman–Crippen LogP) is 1.56. The number of benzene rings is 1. The van der Waals surface area contributed by atoms with Gasteiger partial charge in [0.2, 0.25) is 15.9 Å². The van der Waals surface area contributed by atoms with Crippen LogP contribution in [0.2, 0.25) is 0 Å². The summed E-state index contributed by atoms with van der Waals surface area (Å²) in [6.45, 7) is 1.77. The fourth-order valence-corrected chi connectivity index (χ4v) is 3.54. The molecule has 0 radical (unpaired) electrons. The highest BCUT2D eigenvalue weighted by Gasteiger charge is 2.29. The van der Waals surface area contributed by atoms with Crippen molar-refractivity contribution in [2.24, 2.45) is 0 Å². The fourth-order valence-electron chi connectivity index (χ4n) is 2.37. The Kier molecular flexibility index (Phi) is 5.97. The highest BCUT2D eigenvalue weighted by Crippen LogP contribution is 2.23. The van der Waals surface area contributed by atoms with Crippen LogP contribution in [0, 0.1) is 0 Å². The summed E-state index contributed by atoms with van der Waals surface area (Å²) in [4.78, 5) is 16.6. The number of carbonyl (C=O) groups is 1. The Balaban J connectivity index is 2.17. The monoisotopic (exact) mass is 363 g/mol. The van der Waals surface area contributed by atoms with Crippen molar-refractivity contribution in [3.63, 3.8) is 0 Å². The molecule has 1 aromatic carbocycles. The molecule has 25 heavy (non-hydrogen) atoms. The molecular formula is C17H21N3O4S. The van der Waals surface area contributed by atoms with Crippen LogP contribution in [-0.4, -0.2) is 38.7 Å². The lowest BCUT2D eigenvalue weighted by molar-refractivity contribution is -0.122. The molecule has 0 aliphatic heterocycles. The Hall–Kier alpha value is -2.61. The van der Waals surface area contributed by atoms with E-state index >= 15 is 0 Å². The van der Waals surface area contributed by atoms with Gasteiger partial charge in [-0.05, 0) is 43.3 Å². The Bertz CT molecular complexity index is 808. The number of hydrogen-bond acceptors (Lipinski definition) is 5. The van der Waals surface area contributed by atoms with Crippen molar-refractivity contribution < 1.29 is 17.9 Å². The molecule has 0 bridgehead atoms. The maximum absolute atomic E-state index is 12.4. The lowest BCUT2D eigenvalue weighted by Gasteiger charge is -2.28. The standard InChI is InChI=1S/C17H21N3O4S/c1-13(17(21)19-12-14-6-4-5-11-18-14)20(25(3,22)23)15-7-9-16(24-2)10-8-15/h4-11,13H,12H2,1-3H3,(H,19,21)/t13-/m0/s1. The van der Waals surface area contributed by atoms with E-state index in [2.05, 4.69) is 10.3 Å². The highest BCUT2D eigenvalue weighted by molar-refractivity contribution is 7.92. The minimum absolute atomic E-state index is 0.226. The largest absolute Gasteiger partial charge is 0.497 e. The van der Waals surface area contributed by atoms with E-state index < -0.39 is 22.0 Å². The zero-order chi connectivity index (χ0) is 18.4. The topological polar surface area (TPSA) is 88.6 Å². The normalized spacial score (nSPS) is 12.3. The first-order valence-corrected chi connectivity index (χ1v) is 9.49. The number of anilines is 1. The van der Waals surface area contributed by atoms with Crippen LogP contribution in [0.25, 0.3) is 0 Å². The van der Waals surface area contributed by atoms with Gasteiger partial charge in [-0.2, -0.15) is 0 Å². The van der Waals surface area contributed by atoms with Crippen LogP contribution in [0.3, 0.4) is 0 Å². The molecule has 7 nitrogen and oxygen atoms in total. The van der Waals surface area contributed by atoms with Crippen LogP contribution in [0.5, 0.6) is 5.75 Å².